The van der Waals surface area contributed by atoms with Crippen molar-refractivity contribution in [2.45, 2.75) is 26.3 Å². The molecule has 0 bridgehead atoms. The van der Waals surface area contributed by atoms with Crippen LogP contribution in [0.5, 0.6) is 0 Å². The normalized spacial score (nSPS) is 12.7. The van der Waals surface area contributed by atoms with Crippen molar-refractivity contribution in [2.75, 3.05) is 7.11 Å². The van der Waals surface area contributed by atoms with Crippen LogP contribution in [0.25, 0.3) is 0 Å². The van der Waals surface area contributed by atoms with Crippen LogP contribution < -0.4 is 0 Å². The number of ether oxygens (including phenoxy) is 1. The van der Waals surface area contributed by atoms with Crippen molar-refractivity contribution < 1.29 is 14.5 Å². The molecular weight excluding hydrogens is 162 g/mol. The minimum Gasteiger partial charge on any atom is -0.464 e. The zero-order valence-electron chi connectivity index (χ0n) is 7.44. The van der Waals surface area contributed by atoms with Gasteiger partial charge in [0.15, 0.2) is 0 Å². The van der Waals surface area contributed by atoms with Crippen molar-refractivity contribution in [3.63, 3.8) is 0 Å². The smallest absolute Gasteiger partial charge is 0.381 e. The molecule has 0 amide bonds. The minimum atomic E-state index is -1.21. The highest BCUT2D eigenvalue weighted by atomic mass is 16.6. The van der Waals surface area contributed by atoms with E-state index in [2.05, 4.69) is 4.74 Å². The molecule has 0 aromatic heterocycles. The molecule has 5 nitrogen and oxygen atoms in total. The van der Waals surface area contributed by atoms with Gasteiger partial charge in [0.25, 0.3) is 0 Å². The summed E-state index contributed by atoms with van der Waals surface area (Å²) < 4.78 is 4.29. The first-order valence-electron chi connectivity index (χ1n) is 3.70. The van der Waals surface area contributed by atoms with Gasteiger partial charge in [0.2, 0.25) is 0 Å². The van der Waals surface area contributed by atoms with E-state index in [0.29, 0.717) is 0 Å². The van der Waals surface area contributed by atoms with E-state index in [0.717, 1.165) is 7.11 Å². The van der Waals surface area contributed by atoms with E-state index in [4.69, 9.17) is 0 Å². The topological polar surface area (TPSA) is 69.4 Å². The maximum Gasteiger partial charge on any atom is 0.381 e. The van der Waals surface area contributed by atoms with E-state index in [1.165, 1.54) is 0 Å². The number of nitro groups is 1. The largest absolute Gasteiger partial charge is 0.464 e. The molecule has 0 rings (SSSR count). The monoisotopic (exact) mass is 175 g/mol. The molecule has 0 aliphatic carbocycles. The summed E-state index contributed by atoms with van der Waals surface area (Å²) in [5.74, 6) is -0.659. The molecule has 0 saturated heterocycles. The summed E-state index contributed by atoms with van der Waals surface area (Å²) in [6.45, 7) is 3.64. The van der Waals surface area contributed by atoms with Crippen LogP contribution in [0.3, 0.4) is 0 Å². The van der Waals surface area contributed by atoms with Crippen molar-refractivity contribution in [1.82, 2.24) is 0 Å². The van der Waals surface area contributed by atoms with Crippen LogP contribution in [0, 0.1) is 16.0 Å². The van der Waals surface area contributed by atoms with Gasteiger partial charge in [0, 0.05) is 11.3 Å². The molecule has 0 saturated carbocycles. The molecule has 70 valence electrons. The Hall–Kier alpha value is -1.13. The van der Waals surface area contributed by atoms with Crippen LogP contribution in [0.15, 0.2) is 0 Å². The molecule has 0 radical (unpaired) electrons. The molecule has 0 aromatic carbocycles. The summed E-state index contributed by atoms with van der Waals surface area (Å²) in [4.78, 5) is 20.6. The zero-order valence-corrected chi connectivity index (χ0v) is 7.44. The van der Waals surface area contributed by atoms with Crippen LogP contribution in [0.4, 0.5) is 0 Å². The number of hydrogen-bond donors (Lipinski definition) is 0. The van der Waals surface area contributed by atoms with Gasteiger partial charge < -0.3 is 4.74 Å². The van der Waals surface area contributed by atoms with E-state index in [1.54, 1.807) is 0 Å². The number of nitrogens with zero attached hydrogens (tertiary/aromatic N) is 1. The fraction of sp³-hybridized carbons (Fsp3) is 0.857. The molecular formula is C7H13NO4. The van der Waals surface area contributed by atoms with E-state index >= 15 is 0 Å². The molecule has 1 unspecified atom stereocenters. The summed E-state index contributed by atoms with van der Waals surface area (Å²) in [5.41, 5.74) is 0. The summed E-state index contributed by atoms with van der Waals surface area (Å²) in [6.07, 6.45) is 0.222. The lowest BCUT2D eigenvalue weighted by Gasteiger charge is -2.08. The Bertz CT molecular complexity index is 178. The average molecular weight is 175 g/mol. The van der Waals surface area contributed by atoms with E-state index in [1.807, 2.05) is 13.8 Å². The summed E-state index contributed by atoms with van der Waals surface area (Å²) in [5, 5.41) is 10.3. The predicted molar refractivity (Wildman–Crippen MR) is 42.3 cm³/mol. The summed E-state index contributed by atoms with van der Waals surface area (Å²) >= 11 is 0. The number of esters is 1. The molecule has 0 N–H and O–H groups in total. The maximum atomic E-state index is 10.8. The fourth-order valence-corrected chi connectivity index (χ4v) is 0.851. The third-order valence-corrected chi connectivity index (χ3v) is 1.42. The van der Waals surface area contributed by atoms with Crippen molar-refractivity contribution in [1.29, 1.82) is 0 Å². The van der Waals surface area contributed by atoms with Gasteiger partial charge in [0.1, 0.15) is 0 Å². The van der Waals surface area contributed by atoms with Gasteiger partial charge in [-0.15, -0.1) is 0 Å². The van der Waals surface area contributed by atoms with E-state index in [-0.39, 0.29) is 12.3 Å². The third kappa shape index (κ3) is 3.32. The maximum absolute atomic E-state index is 10.8. The van der Waals surface area contributed by atoms with Gasteiger partial charge in [0.05, 0.1) is 7.11 Å². The Balaban J connectivity index is 4.23. The van der Waals surface area contributed by atoms with Gasteiger partial charge in [-0.1, -0.05) is 13.8 Å². The number of carbonyl (C=O) groups is 1. The molecule has 0 aliphatic rings. The Labute approximate surface area is 70.9 Å². The van der Waals surface area contributed by atoms with Gasteiger partial charge in [-0.3, -0.25) is 10.1 Å². The zero-order chi connectivity index (χ0) is 9.72. The van der Waals surface area contributed by atoms with Crippen molar-refractivity contribution in [3.05, 3.63) is 10.1 Å². The summed E-state index contributed by atoms with van der Waals surface area (Å²) in [7, 11) is 1.15. The Morgan fingerprint density at radius 1 is 1.58 bits per heavy atom. The van der Waals surface area contributed by atoms with E-state index in [9.17, 15) is 14.9 Å². The highest BCUT2D eigenvalue weighted by Crippen LogP contribution is 2.08. The molecule has 0 aromatic rings. The van der Waals surface area contributed by atoms with Gasteiger partial charge in [-0.05, 0) is 5.92 Å². The van der Waals surface area contributed by atoms with Gasteiger partial charge >= 0.3 is 12.0 Å². The van der Waals surface area contributed by atoms with Crippen molar-refractivity contribution in [3.8, 4) is 0 Å². The van der Waals surface area contributed by atoms with Crippen LogP contribution in [-0.4, -0.2) is 24.0 Å². The summed E-state index contributed by atoms with van der Waals surface area (Å²) in [6, 6.07) is -1.21. The molecule has 0 heterocycles. The lowest BCUT2D eigenvalue weighted by molar-refractivity contribution is -0.512. The SMILES string of the molecule is COC(=O)C(CC(C)C)[N+](=O)[O-]. The average Bonchev–Trinajstić information content (AvgIpc) is 1.98. The predicted octanol–water partition coefficient (Wildman–Crippen LogP) is 0.851. The Kier molecular flexibility index (Phi) is 4.25. The Morgan fingerprint density at radius 2 is 2.08 bits per heavy atom. The quantitative estimate of drug-likeness (QED) is 0.361. The lowest BCUT2D eigenvalue weighted by atomic mass is 10.0. The van der Waals surface area contributed by atoms with Crippen LogP contribution in [0.1, 0.15) is 20.3 Å². The molecule has 1 atom stereocenters. The molecule has 12 heavy (non-hydrogen) atoms. The Morgan fingerprint density at radius 3 is 2.33 bits per heavy atom. The third-order valence-electron chi connectivity index (χ3n) is 1.42. The first-order valence-corrected chi connectivity index (χ1v) is 3.70. The highest BCUT2D eigenvalue weighted by Gasteiger charge is 2.31. The van der Waals surface area contributed by atoms with Gasteiger partial charge in [-0.2, -0.15) is 0 Å². The minimum absolute atomic E-state index is 0.111. The van der Waals surface area contributed by atoms with Crippen molar-refractivity contribution in [2.24, 2.45) is 5.92 Å². The van der Waals surface area contributed by atoms with Crippen LogP contribution in [-0.2, 0) is 9.53 Å². The molecule has 0 fully saturated rings. The standard InChI is InChI=1S/C7H13NO4/c1-5(2)4-6(8(10)11)7(9)12-3/h5-6H,4H2,1-3H3. The second-order valence-corrected chi connectivity index (χ2v) is 2.95. The first kappa shape index (κ1) is 10.9. The number of hydrogen-bond acceptors (Lipinski definition) is 4. The second kappa shape index (κ2) is 4.69. The number of rotatable bonds is 4. The lowest BCUT2D eigenvalue weighted by Crippen LogP contribution is -2.31. The second-order valence-electron chi connectivity index (χ2n) is 2.95. The molecule has 0 aliphatic heterocycles. The van der Waals surface area contributed by atoms with E-state index < -0.39 is 16.9 Å². The highest BCUT2D eigenvalue weighted by molar-refractivity contribution is 5.74. The van der Waals surface area contributed by atoms with Gasteiger partial charge in [-0.25, -0.2) is 4.79 Å². The van der Waals surface area contributed by atoms with Crippen molar-refractivity contribution >= 4 is 5.97 Å². The molecule has 5 heteroatoms. The molecule has 0 spiro atoms. The fourth-order valence-electron chi connectivity index (χ4n) is 0.851. The van der Waals surface area contributed by atoms with Crippen LogP contribution in [0.2, 0.25) is 0 Å². The number of methoxy groups -OCH3 is 1. The van der Waals surface area contributed by atoms with Crippen LogP contribution >= 0.6 is 0 Å². The number of carbonyl (C=O) groups excluding carboxylic acids is 1. The first-order chi connectivity index (χ1) is 5.49.